The second-order valence-electron chi connectivity index (χ2n) is 4.10. The minimum Gasteiger partial charge on any atom is -0.497 e. The highest BCUT2D eigenvalue weighted by Gasteiger charge is 2.12. The van der Waals surface area contributed by atoms with Crippen molar-refractivity contribution in [2.45, 2.75) is 0 Å². The molecule has 0 heterocycles. The molecule has 0 amide bonds. The van der Waals surface area contributed by atoms with Crippen molar-refractivity contribution in [3.8, 4) is 22.6 Å². The first-order valence-electron chi connectivity index (χ1n) is 5.81. The van der Waals surface area contributed by atoms with Gasteiger partial charge in [0.25, 0.3) is 0 Å². The molecule has 2 aromatic carbocycles. The van der Waals surface area contributed by atoms with Gasteiger partial charge >= 0.3 is 5.97 Å². The summed E-state index contributed by atoms with van der Waals surface area (Å²) in [6.07, 6.45) is 0. The van der Waals surface area contributed by atoms with Crippen molar-refractivity contribution < 1.29 is 23.8 Å². The first kappa shape index (κ1) is 13.9. The van der Waals surface area contributed by atoms with E-state index in [1.165, 1.54) is 26.4 Å². The first-order valence-corrected chi connectivity index (χ1v) is 5.81. The van der Waals surface area contributed by atoms with Gasteiger partial charge in [0, 0.05) is 6.07 Å². The second kappa shape index (κ2) is 5.61. The van der Waals surface area contributed by atoms with E-state index in [0.717, 1.165) is 0 Å². The molecule has 0 saturated heterocycles. The van der Waals surface area contributed by atoms with Crippen LogP contribution in [0.5, 0.6) is 11.5 Å². The van der Waals surface area contributed by atoms with Crippen molar-refractivity contribution in [3.05, 3.63) is 47.8 Å². The number of methoxy groups -OCH3 is 2. The Morgan fingerprint density at radius 2 is 1.60 bits per heavy atom. The standard InChI is InChI=1S/C15H13FO4/c1-19-11-5-10(6-12(8-11)20-2)9-3-4-13(15(17)18)14(16)7-9/h3-8H,1-2H3,(H,17,18). The topological polar surface area (TPSA) is 55.8 Å². The molecule has 20 heavy (non-hydrogen) atoms. The third kappa shape index (κ3) is 2.71. The van der Waals surface area contributed by atoms with Gasteiger partial charge in [-0.1, -0.05) is 6.07 Å². The molecule has 0 unspecified atom stereocenters. The molecule has 0 aliphatic carbocycles. The van der Waals surface area contributed by atoms with E-state index in [4.69, 9.17) is 14.6 Å². The number of carbonyl (C=O) groups is 1. The van der Waals surface area contributed by atoms with Gasteiger partial charge in [0.1, 0.15) is 17.3 Å². The fourth-order valence-electron chi connectivity index (χ4n) is 1.84. The number of carboxylic acids is 1. The minimum absolute atomic E-state index is 0.358. The highest BCUT2D eigenvalue weighted by atomic mass is 19.1. The van der Waals surface area contributed by atoms with E-state index in [2.05, 4.69) is 0 Å². The normalized spacial score (nSPS) is 10.2. The van der Waals surface area contributed by atoms with Crippen molar-refractivity contribution in [3.63, 3.8) is 0 Å². The smallest absolute Gasteiger partial charge is 0.338 e. The van der Waals surface area contributed by atoms with E-state index < -0.39 is 11.8 Å². The van der Waals surface area contributed by atoms with Crippen LogP contribution in [0.25, 0.3) is 11.1 Å². The molecule has 0 atom stereocenters. The van der Waals surface area contributed by atoms with Gasteiger partial charge in [0.2, 0.25) is 0 Å². The molecule has 0 bridgehead atoms. The van der Waals surface area contributed by atoms with E-state index in [1.807, 2.05) is 0 Å². The number of ether oxygens (including phenoxy) is 2. The summed E-state index contributed by atoms with van der Waals surface area (Å²) in [7, 11) is 3.04. The van der Waals surface area contributed by atoms with E-state index in [9.17, 15) is 9.18 Å². The maximum Gasteiger partial charge on any atom is 0.338 e. The van der Waals surface area contributed by atoms with Crippen LogP contribution in [-0.4, -0.2) is 25.3 Å². The maximum absolute atomic E-state index is 13.7. The molecule has 2 rings (SSSR count). The Labute approximate surface area is 115 Å². The molecule has 2 aromatic rings. The zero-order valence-electron chi connectivity index (χ0n) is 11.0. The van der Waals surface area contributed by atoms with Gasteiger partial charge < -0.3 is 14.6 Å². The summed E-state index contributed by atoms with van der Waals surface area (Å²) in [5.74, 6) is -0.932. The number of rotatable bonds is 4. The minimum atomic E-state index is -1.29. The van der Waals surface area contributed by atoms with Gasteiger partial charge in [0.15, 0.2) is 0 Å². The van der Waals surface area contributed by atoms with Crippen LogP contribution in [-0.2, 0) is 0 Å². The number of hydrogen-bond donors (Lipinski definition) is 1. The number of benzene rings is 2. The van der Waals surface area contributed by atoms with Crippen LogP contribution < -0.4 is 9.47 Å². The zero-order chi connectivity index (χ0) is 14.7. The summed E-state index contributed by atoms with van der Waals surface area (Å²) in [4.78, 5) is 10.8. The van der Waals surface area contributed by atoms with Crippen LogP contribution in [0.3, 0.4) is 0 Å². The largest absolute Gasteiger partial charge is 0.497 e. The lowest BCUT2D eigenvalue weighted by molar-refractivity contribution is 0.0692. The summed E-state index contributed by atoms with van der Waals surface area (Å²) in [5, 5.41) is 8.81. The van der Waals surface area contributed by atoms with Gasteiger partial charge in [-0.15, -0.1) is 0 Å². The summed E-state index contributed by atoms with van der Waals surface area (Å²) in [5.41, 5.74) is 0.866. The second-order valence-corrected chi connectivity index (χ2v) is 4.10. The molecule has 5 heteroatoms. The van der Waals surface area contributed by atoms with Gasteiger partial charge in [-0.25, -0.2) is 9.18 Å². The molecule has 0 aromatic heterocycles. The van der Waals surface area contributed by atoms with Crippen LogP contribution in [0.1, 0.15) is 10.4 Å². The predicted octanol–water partition coefficient (Wildman–Crippen LogP) is 3.21. The van der Waals surface area contributed by atoms with Crippen LogP contribution in [0.2, 0.25) is 0 Å². The van der Waals surface area contributed by atoms with Crippen LogP contribution in [0, 0.1) is 5.82 Å². The van der Waals surface area contributed by atoms with E-state index in [-0.39, 0.29) is 5.56 Å². The first-order chi connectivity index (χ1) is 9.55. The van der Waals surface area contributed by atoms with Gasteiger partial charge in [0.05, 0.1) is 19.8 Å². The van der Waals surface area contributed by atoms with Crippen LogP contribution in [0.4, 0.5) is 4.39 Å². The van der Waals surface area contributed by atoms with E-state index in [0.29, 0.717) is 22.6 Å². The molecule has 0 radical (unpaired) electrons. The third-order valence-corrected chi connectivity index (χ3v) is 2.88. The summed E-state index contributed by atoms with van der Waals surface area (Å²) < 4.78 is 24.0. The molecule has 0 aliphatic rings. The Morgan fingerprint density at radius 3 is 2.05 bits per heavy atom. The Morgan fingerprint density at radius 1 is 1.00 bits per heavy atom. The lowest BCUT2D eigenvalue weighted by Crippen LogP contribution is -2.00. The number of carboxylic acid groups (broad SMARTS) is 1. The molecular formula is C15H13FO4. The SMILES string of the molecule is COc1cc(OC)cc(-c2ccc(C(=O)O)c(F)c2)c1. The van der Waals surface area contributed by atoms with E-state index in [1.54, 1.807) is 24.3 Å². The zero-order valence-corrected chi connectivity index (χ0v) is 11.0. The van der Waals surface area contributed by atoms with Gasteiger partial charge in [-0.2, -0.15) is 0 Å². The summed E-state index contributed by atoms with van der Waals surface area (Å²) >= 11 is 0. The predicted molar refractivity (Wildman–Crippen MR) is 71.9 cm³/mol. The van der Waals surface area contributed by atoms with Gasteiger partial charge in [-0.3, -0.25) is 0 Å². The summed E-state index contributed by atoms with van der Waals surface area (Å²) in [6, 6.07) is 9.10. The van der Waals surface area contributed by atoms with Gasteiger partial charge in [-0.05, 0) is 35.4 Å². The fraction of sp³-hybridized carbons (Fsp3) is 0.133. The van der Waals surface area contributed by atoms with E-state index >= 15 is 0 Å². The molecule has 1 N–H and O–H groups in total. The molecule has 0 spiro atoms. The Balaban J connectivity index is 2.51. The number of hydrogen-bond acceptors (Lipinski definition) is 3. The number of aromatic carboxylic acids is 1. The van der Waals surface area contributed by atoms with Crippen molar-refractivity contribution in [1.29, 1.82) is 0 Å². The maximum atomic E-state index is 13.7. The lowest BCUT2D eigenvalue weighted by Gasteiger charge is -2.09. The fourth-order valence-corrected chi connectivity index (χ4v) is 1.84. The highest BCUT2D eigenvalue weighted by molar-refractivity contribution is 5.88. The van der Waals surface area contributed by atoms with Crippen molar-refractivity contribution >= 4 is 5.97 Å². The monoisotopic (exact) mass is 276 g/mol. The number of halogens is 1. The van der Waals surface area contributed by atoms with Crippen molar-refractivity contribution in [2.75, 3.05) is 14.2 Å². The summed E-state index contributed by atoms with van der Waals surface area (Å²) in [6.45, 7) is 0. The quantitative estimate of drug-likeness (QED) is 0.931. The molecule has 4 nitrogen and oxygen atoms in total. The lowest BCUT2D eigenvalue weighted by atomic mass is 10.0. The Hall–Kier alpha value is -2.56. The molecule has 0 aliphatic heterocycles. The van der Waals surface area contributed by atoms with Crippen molar-refractivity contribution in [1.82, 2.24) is 0 Å². The molecule has 0 saturated carbocycles. The Kier molecular flexibility index (Phi) is 3.89. The molecular weight excluding hydrogens is 263 g/mol. The van der Waals surface area contributed by atoms with Crippen LogP contribution >= 0.6 is 0 Å². The average molecular weight is 276 g/mol. The molecule has 0 fully saturated rings. The van der Waals surface area contributed by atoms with Crippen LogP contribution in [0.15, 0.2) is 36.4 Å². The molecule has 104 valence electrons. The van der Waals surface area contributed by atoms with Crippen molar-refractivity contribution in [2.24, 2.45) is 0 Å². The highest BCUT2D eigenvalue weighted by Crippen LogP contribution is 2.30. The third-order valence-electron chi connectivity index (χ3n) is 2.88. The Bertz CT molecular complexity index is 630. The average Bonchev–Trinajstić information content (AvgIpc) is 2.46.